The van der Waals surface area contributed by atoms with Crippen LogP contribution in [-0.4, -0.2) is 46.3 Å². The lowest BCUT2D eigenvalue weighted by molar-refractivity contribution is -0.126. The summed E-state index contributed by atoms with van der Waals surface area (Å²) in [6, 6.07) is 3.79. The molecule has 0 atom stereocenters. The molecule has 0 unspecified atom stereocenters. The molecule has 0 spiro atoms. The van der Waals surface area contributed by atoms with Crippen molar-refractivity contribution in [2.24, 2.45) is 13.0 Å². The maximum atomic E-state index is 12.7. The Hall–Kier alpha value is -2.13. The van der Waals surface area contributed by atoms with Crippen LogP contribution in [0.15, 0.2) is 29.6 Å². The second-order valence-electron chi connectivity index (χ2n) is 6.33. The molecule has 8 nitrogen and oxygen atoms in total. The number of nitrogens with one attached hydrogen (secondary N) is 2. The van der Waals surface area contributed by atoms with Gasteiger partial charge in [-0.25, -0.2) is 13.4 Å². The fourth-order valence-electron chi connectivity index (χ4n) is 2.95. The maximum absolute atomic E-state index is 12.7. The van der Waals surface area contributed by atoms with Crippen molar-refractivity contribution in [3.8, 4) is 0 Å². The van der Waals surface area contributed by atoms with E-state index in [0.29, 0.717) is 38.3 Å². The number of nitrogens with zero attached hydrogens (tertiary/aromatic N) is 3. The number of hydrogen-bond donors (Lipinski definition) is 2. The van der Waals surface area contributed by atoms with Gasteiger partial charge in [-0.2, -0.15) is 4.31 Å². The normalized spacial score (nSPS) is 16.9. The average Bonchev–Trinajstić information content (AvgIpc) is 3.23. The Morgan fingerprint density at radius 3 is 2.68 bits per heavy atom. The van der Waals surface area contributed by atoms with Crippen LogP contribution in [0.2, 0.25) is 0 Å². The van der Waals surface area contributed by atoms with Crippen molar-refractivity contribution in [3.05, 3.63) is 36.0 Å². The highest BCUT2D eigenvalue weighted by atomic mass is 32.2. The number of rotatable bonds is 5. The Morgan fingerprint density at radius 2 is 2.12 bits per heavy atom. The minimum absolute atomic E-state index is 0.0275. The van der Waals surface area contributed by atoms with E-state index in [0.717, 1.165) is 5.69 Å². The van der Waals surface area contributed by atoms with Crippen LogP contribution in [0.3, 0.4) is 0 Å². The van der Waals surface area contributed by atoms with Crippen molar-refractivity contribution in [2.45, 2.75) is 31.3 Å². The van der Waals surface area contributed by atoms with Gasteiger partial charge in [0.2, 0.25) is 5.91 Å². The number of aryl methyl sites for hydroxylation is 2. The summed E-state index contributed by atoms with van der Waals surface area (Å²) >= 11 is 0. The van der Waals surface area contributed by atoms with Gasteiger partial charge in [0, 0.05) is 44.1 Å². The zero-order valence-corrected chi connectivity index (χ0v) is 15.2. The van der Waals surface area contributed by atoms with Crippen LogP contribution in [-0.2, 0) is 28.4 Å². The summed E-state index contributed by atoms with van der Waals surface area (Å²) in [4.78, 5) is 19.4. The standard InChI is InChI=1S/C16H23N5O3S/c1-12-19-15(11-20(12)2)25(23,24)21-8-5-13(6-9-21)16(22)18-10-14-4-3-7-17-14/h3-4,7,11,13,17H,5-6,8-10H2,1-2H3,(H,18,22). The lowest BCUT2D eigenvalue weighted by Crippen LogP contribution is -2.43. The quantitative estimate of drug-likeness (QED) is 0.817. The van der Waals surface area contributed by atoms with E-state index in [2.05, 4.69) is 15.3 Å². The van der Waals surface area contributed by atoms with Crippen LogP contribution >= 0.6 is 0 Å². The van der Waals surface area contributed by atoms with Crippen molar-refractivity contribution in [3.63, 3.8) is 0 Å². The van der Waals surface area contributed by atoms with E-state index in [-0.39, 0.29) is 16.9 Å². The molecule has 136 valence electrons. The second-order valence-corrected chi connectivity index (χ2v) is 8.21. The first-order valence-electron chi connectivity index (χ1n) is 8.28. The monoisotopic (exact) mass is 365 g/mol. The first-order chi connectivity index (χ1) is 11.9. The van der Waals surface area contributed by atoms with Crippen molar-refractivity contribution in [1.29, 1.82) is 0 Å². The Labute approximate surface area is 147 Å². The van der Waals surface area contributed by atoms with Crippen molar-refractivity contribution in [1.82, 2.24) is 24.2 Å². The topological polar surface area (TPSA) is 100 Å². The zero-order valence-electron chi connectivity index (χ0n) is 14.4. The lowest BCUT2D eigenvalue weighted by Gasteiger charge is -2.29. The van der Waals surface area contributed by atoms with Gasteiger partial charge in [0.1, 0.15) is 5.82 Å². The third-order valence-corrected chi connectivity index (χ3v) is 6.40. The molecule has 1 aliphatic heterocycles. The highest BCUT2D eigenvalue weighted by molar-refractivity contribution is 7.89. The van der Waals surface area contributed by atoms with Crippen LogP contribution in [0, 0.1) is 12.8 Å². The predicted molar refractivity (Wildman–Crippen MR) is 92.1 cm³/mol. The fourth-order valence-corrected chi connectivity index (χ4v) is 4.44. The maximum Gasteiger partial charge on any atom is 0.262 e. The highest BCUT2D eigenvalue weighted by Gasteiger charge is 2.33. The van der Waals surface area contributed by atoms with E-state index in [1.54, 1.807) is 18.5 Å². The molecule has 3 rings (SSSR count). The van der Waals surface area contributed by atoms with Gasteiger partial charge in [-0.1, -0.05) is 0 Å². The largest absolute Gasteiger partial charge is 0.364 e. The third-order valence-electron chi connectivity index (χ3n) is 4.63. The molecule has 1 saturated heterocycles. The summed E-state index contributed by atoms with van der Waals surface area (Å²) < 4.78 is 28.4. The molecule has 9 heteroatoms. The number of aromatic amines is 1. The van der Waals surface area contributed by atoms with E-state index in [4.69, 9.17) is 0 Å². The summed E-state index contributed by atoms with van der Waals surface area (Å²) in [6.07, 6.45) is 4.37. The van der Waals surface area contributed by atoms with Gasteiger partial charge in [0.25, 0.3) is 10.0 Å². The Morgan fingerprint density at radius 1 is 1.40 bits per heavy atom. The minimum Gasteiger partial charge on any atom is -0.364 e. The Balaban J connectivity index is 1.56. The zero-order chi connectivity index (χ0) is 18.0. The fraction of sp³-hybridized carbons (Fsp3) is 0.500. The van der Waals surface area contributed by atoms with E-state index in [9.17, 15) is 13.2 Å². The van der Waals surface area contributed by atoms with Crippen molar-refractivity contribution >= 4 is 15.9 Å². The number of piperidine rings is 1. The number of amides is 1. The minimum atomic E-state index is -3.60. The van der Waals surface area contributed by atoms with Gasteiger partial charge >= 0.3 is 0 Å². The summed E-state index contributed by atoms with van der Waals surface area (Å²) in [5, 5.41) is 2.97. The first-order valence-corrected chi connectivity index (χ1v) is 9.72. The summed E-state index contributed by atoms with van der Waals surface area (Å²) in [7, 11) is -1.83. The molecule has 1 aliphatic rings. The number of sulfonamides is 1. The van der Waals surface area contributed by atoms with Gasteiger partial charge in [-0.05, 0) is 31.9 Å². The molecule has 3 heterocycles. The summed E-state index contributed by atoms with van der Waals surface area (Å²) in [6.45, 7) is 2.88. The number of imidazole rings is 1. The van der Waals surface area contributed by atoms with Crippen LogP contribution < -0.4 is 5.32 Å². The molecule has 0 aromatic carbocycles. The number of carbonyl (C=O) groups is 1. The van der Waals surface area contributed by atoms with Crippen molar-refractivity contribution < 1.29 is 13.2 Å². The predicted octanol–water partition coefficient (Wildman–Crippen LogP) is 0.774. The van der Waals surface area contributed by atoms with Crippen molar-refractivity contribution in [2.75, 3.05) is 13.1 Å². The smallest absolute Gasteiger partial charge is 0.262 e. The molecule has 2 aromatic heterocycles. The van der Waals surface area contributed by atoms with Gasteiger partial charge in [0.05, 0.1) is 6.54 Å². The average molecular weight is 365 g/mol. The van der Waals surface area contributed by atoms with Crippen LogP contribution in [0.25, 0.3) is 0 Å². The Bertz CT molecular complexity index is 814. The number of carbonyl (C=O) groups excluding carboxylic acids is 1. The summed E-state index contributed by atoms with van der Waals surface area (Å²) in [5.74, 6) is 0.462. The molecule has 2 aromatic rings. The van der Waals surface area contributed by atoms with E-state index >= 15 is 0 Å². The van der Waals surface area contributed by atoms with Gasteiger partial charge in [0.15, 0.2) is 5.03 Å². The molecule has 0 bridgehead atoms. The van der Waals surface area contributed by atoms with Gasteiger partial charge in [-0.15, -0.1) is 0 Å². The molecule has 0 aliphatic carbocycles. The number of aromatic nitrogens is 3. The first kappa shape index (κ1) is 17.7. The third kappa shape index (κ3) is 3.77. The SMILES string of the molecule is Cc1nc(S(=O)(=O)N2CCC(C(=O)NCc3ccc[nH]3)CC2)cn1C. The molecule has 1 fully saturated rings. The van der Waals surface area contributed by atoms with E-state index in [1.165, 1.54) is 10.5 Å². The van der Waals surface area contributed by atoms with E-state index in [1.807, 2.05) is 18.3 Å². The lowest BCUT2D eigenvalue weighted by atomic mass is 9.97. The number of hydrogen-bond acceptors (Lipinski definition) is 4. The molecule has 1 amide bonds. The molecular formula is C16H23N5O3S. The van der Waals surface area contributed by atoms with E-state index < -0.39 is 10.0 Å². The van der Waals surface area contributed by atoms with Gasteiger partial charge in [-0.3, -0.25) is 4.79 Å². The van der Waals surface area contributed by atoms with Crippen LogP contribution in [0.4, 0.5) is 0 Å². The van der Waals surface area contributed by atoms with Crippen LogP contribution in [0.5, 0.6) is 0 Å². The molecule has 2 N–H and O–H groups in total. The molecule has 0 saturated carbocycles. The highest BCUT2D eigenvalue weighted by Crippen LogP contribution is 2.23. The van der Waals surface area contributed by atoms with Crippen LogP contribution in [0.1, 0.15) is 24.4 Å². The second kappa shape index (κ2) is 7.01. The molecule has 25 heavy (non-hydrogen) atoms. The molecular weight excluding hydrogens is 342 g/mol. The number of H-pyrrole nitrogens is 1. The Kier molecular flexibility index (Phi) is 4.96. The van der Waals surface area contributed by atoms with Gasteiger partial charge < -0.3 is 14.9 Å². The summed E-state index contributed by atoms with van der Waals surface area (Å²) in [5.41, 5.74) is 0.943. The molecule has 0 radical (unpaired) electrons.